The Bertz CT molecular complexity index is 1130. The lowest BCUT2D eigenvalue weighted by molar-refractivity contribution is -0.123. The van der Waals surface area contributed by atoms with Gasteiger partial charge in [-0.1, -0.05) is 279 Å². The summed E-state index contributed by atoms with van der Waals surface area (Å²) in [6.45, 7) is 4.30. The van der Waals surface area contributed by atoms with Crippen LogP contribution in [0.25, 0.3) is 0 Å². The molecule has 0 saturated carbocycles. The monoisotopic (exact) mass is 920 g/mol. The van der Waals surface area contributed by atoms with Crippen molar-refractivity contribution in [3.63, 3.8) is 0 Å². The molecule has 0 heterocycles. The van der Waals surface area contributed by atoms with E-state index in [1.54, 1.807) is 6.08 Å². The number of carbonyl (C=O) groups is 1. The lowest BCUT2D eigenvalue weighted by atomic mass is 10.0. The zero-order valence-corrected chi connectivity index (χ0v) is 44.2. The van der Waals surface area contributed by atoms with Gasteiger partial charge in [0.05, 0.1) is 18.8 Å². The summed E-state index contributed by atoms with van der Waals surface area (Å²) in [6.07, 6.45) is 82.1. The van der Waals surface area contributed by atoms with E-state index in [1.807, 2.05) is 6.08 Å². The zero-order chi connectivity index (χ0) is 47.7. The number of aliphatic hydroxyl groups excluding tert-OH is 2. The van der Waals surface area contributed by atoms with Gasteiger partial charge in [0.2, 0.25) is 5.91 Å². The smallest absolute Gasteiger partial charge is 0.220 e. The fourth-order valence-corrected chi connectivity index (χ4v) is 8.69. The van der Waals surface area contributed by atoms with E-state index >= 15 is 0 Å². The quantitative estimate of drug-likeness (QED) is 0.0421. The van der Waals surface area contributed by atoms with Crippen molar-refractivity contribution >= 4 is 5.91 Å². The van der Waals surface area contributed by atoms with Gasteiger partial charge in [-0.3, -0.25) is 4.79 Å². The molecule has 0 radical (unpaired) electrons. The fraction of sp³-hybridized carbons (Fsp3) is 0.790. The Balaban J connectivity index is 3.56. The Morgan fingerprint density at radius 2 is 0.636 bits per heavy atom. The van der Waals surface area contributed by atoms with Crippen LogP contribution in [-0.4, -0.2) is 34.9 Å². The van der Waals surface area contributed by atoms with E-state index < -0.39 is 12.1 Å². The molecule has 0 aromatic rings. The SMILES string of the molecule is CCCCCCC/C=C\C/C=C\C/C=C\CCCCCCCCCCCCCCCCC(=O)NC(CO)C(O)/C=C/CC/C=C/CC/C=C/CCCCCCCCCCCCCCCCC. The van der Waals surface area contributed by atoms with Crippen LogP contribution in [0.15, 0.2) is 72.9 Å². The Hall–Kier alpha value is -2.17. The molecule has 0 fully saturated rings. The molecule has 2 atom stereocenters. The molecule has 0 aromatic heterocycles. The lowest BCUT2D eigenvalue weighted by Crippen LogP contribution is -2.45. The van der Waals surface area contributed by atoms with Crippen molar-refractivity contribution in [1.29, 1.82) is 0 Å². The summed E-state index contributed by atoms with van der Waals surface area (Å²) < 4.78 is 0. The number of unbranched alkanes of at least 4 members (excludes halogenated alkanes) is 36. The first kappa shape index (κ1) is 63.8. The van der Waals surface area contributed by atoms with E-state index in [-0.39, 0.29) is 12.5 Å². The first-order valence-electron chi connectivity index (χ1n) is 29.2. The van der Waals surface area contributed by atoms with Gasteiger partial charge in [0, 0.05) is 6.42 Å². The van der Waals surface area contributed by atoms with Crippen LogP contribution in [0.3, 0.4) is 0 Å². The molecule has 0 bridgehead atoms. The van der Waals surface area contributed by atoms with Crippen molar-refractivity contribution in [3.05, 3.63) is 72.9 Å². The van der Waals surface area contributed by atoms with Gasteiger partial charge in [-0.05, 0) is 83.5 Å². The second-order valence-electron chi connectivity index (χ2n) is 19.7. The highest BCUT2D eigenvalue weighted by atomic mass is 16.3. The largest absolute Gasteiger partial charge is 0.394 e. The summed E-state index contributed by atoms with van der Waals surface area (Å²) in [7, 11) is 0. The first-order chi connectivity index (χ1) is 32.7. The second-order valence-corrected chi connectivity index (χ2v) is 19.7. The van der Waals surface area contributed by atoms with Crippen molar-refractivity contribution < 1.29 is 15.0 Å². The third-order valence-corrected chi connectivity index (χ3v) is 13.1. The van der Waals surface area contributed by atoms with Crippen molar-refractivity contribution in [2.24, 2.45) is 0 Å². The molecule has 4 nitrogen and oxygen atoms in total. The van der Waals surface area contributed by atoms with Crippen molar-refractivity contribution in [2.45, 2.75) is 309 Å². The summed E-state index contributed by atoms with van der Waals surface area (Å²) in [5.74, 6) is -0.0778. The number of allylic oxidation sites excluding steroid dienone is 11. The standard InChI is InChI=1S/C62H113NO3/c1-3-5-7-9-11-13-15-17-19-21-23-25-27-29-30-31-32-34-36-38-40-42-44-46-48-50-52-54-56-58-62(66)63-60(59-64)61(65)57-55-53-51-49-47-45-43-41-39-37-35-33-28-26-24-22-20-18-16-14-12-10-8-6-4-2/h15,17,21,23,27,29,39,41,47,49,55,57,60-61,64-65H,3-14,16,18-20,22,24-26,28,30-38,40,42-46,48,50-54,56,58-59H2,1-2H3,(H,63,66)/b17-15-,23-21-,29-27-,41-39+,49-47+,57-55+. The summed E-state index contributed by atoms with van der Waals surface area (Å²) in [6, 6.07) is -0.650. The Morgan fingerprint density at radius 1 is 0.364 bits per heavy atom. The van der Waals surface area contributed by atoms with Crippen molar-refractivity contribution in [3.8, 4) is 0 Å². The molecule has 1 amide bonds. The van der Waals surface area contributed by atoms with Gasteiger partial charge in [-0.25, -0.2) is 0 Å². The van der Waals surface area contributed by atoms with Gasteiger partial charge in [0.15, 0.2) is 0 Å². The van der Waals surface area contributed by atoms with E-state index in [1.165, 1.54) is 225 Å². The molecule has 0 aliphatic carbocycles. The summed E-state index contributed by atoms with van der Waals surface area (Å²) in [5.41, 5.74) is 0. The Morgan fingerprint density at radius 3 is 0.985 bits per heavy atom. The van der Waals surface area contributed by atoms with Crippen molar-refractivity contribution in [2.75, 3.05) is 6.61 Å². The van der Waals surface area contributed by atoms with Gasteiger partial charge in [0.1, 0.15) is 0 Å². The molecular weight excluding hydrogens is 807 g/mol. The highest BCUT2D eigenvalue weighted by Crippen LogP contribution is 2.16. The third-order valence-electron chi connectivity index (χ3n) is 13.1. The van der Waals surface area contributed by atoms with Crippen LogP contribution in [0.2, 0.25) is 0 Å². The number of hydrogen-bond donors (Lipinski definition) is 3. The lowest BCUT2D eigenvalue weighted by Gasteiger charge is -2.19. The van der Waals surface area contributed by atoms with Crippen LogP contribution in [0.5, 0.6) is 0 Å². The minimum atomic E-state index is -0.874. The summed E-state index contributed by atoms with van der Waals surface area (Å²) >= 11 is 0. The number of aliphatic hydroxyl groups is 2. The molecule has 0 spiro atoms. The van der Waals surface area contributed by atoms with Gasteiger partial charge in [0.25, 0.3) is 0 Å². The van der Waals surface area contributed by atoms with Crippen LogP contribution < -0.4 is 5.32 Å². The first-order valence-corrected chi connectivity index (χ1v) is 29.2. The van der Waals surface area contributed by atoms with Crippen LogP contribution in [-0.2, 0) is 4.79 Å². The molecule has 3 N–H and O–H groups in total. The van der Waals surface area contributed by atoms with Gasteiger partial charge in [-0.2, -0.15) is 0 Å². The number of rotatable bonds is 53. The summed E-state index contributed by atoms with van der Waals surface area (Å²) in [4.78, 5) is 12.5. The third kappa shape index (κ3) is 52.8. The topological polar surface area (TPSA) is 69.6 Å². The predicted molar refractivity (Wildman–Crippen MR) is 294 cm³/mol. The van der Waals surface area contributed by atoms with Crippen LogP contribution >= 0.6 is 0 Å². The Kier molecular flexibility index (Phi) is 55.3. The van der Waals surface area contributed by atoms with Gasteiger partial charge >= 0.3 is 0 Å². The number of carbonyl (C=O) groups excluding carboxylic acids is 1. The summed E-state index contributed by atoms with van der Waals surface area (Å²) in [5, 5.41) is 23.2. The Labute approximate surface area is 412 Å². The number of amides is 1. The maximum Gasteiger partial charge on any atom is 0.220 e. The van der Waals surface area contributed by atoms with Crippen LogP contribution in [0.1, 0.15) is 296 Å². The highest BCUT2D eigenvalue weighted by molar-refractivity contribution is 5.76. The van der Waals surface area contributed by atoms with Crippen LogP contribution in [0.4, 0.5) is 0 Å². The van der Waals surface area contributed by atoms with E-state index in [0.717, 1.165) is 51.4 Å². The minimum absolute atomic E-state index is 0.0778. The van der Waals surface area contributed by atoms with Gasteiger partial charge in [-0.15, -0.1) is 0 Å². The number of nitrogens with one attached hydrogen (secondary N) is 1. The molecular formula is C62H113NO3. The molecule has 0 saturated heterocycles. The van der Waals surface area contributed by atoms with E-state index in [2.05, 4.69) is 79.9 Å². The predicted octanol–water partition coefficient (Wildman–Crippen LogP) is 19.4. The molecule has 2 unspecified atom stereocenters. The zero-order valence-electron chi connectivity index (χ0n) is 44.2. The fourth-order valence-electron chi connectivity index (χ4n) is 8.69. The minimum Gasteiger partial charge on any atom is -0.394 e. The average Bonchev–Trinajstić information content (AvgIpc) is 3.32. The average molecular weight is 921 g/mol. The molecule has 0 aliphatic heterocycles. The molecule has 0 aromatic carbocycles. The normalized spacial score (nSPS) is 13.3. The van der Waals surface area contributed by atoms with Crippen molar-refractivity contribution in [1.82, 2.24) is 5.32 Å². The van der Waals surface area contributed by atoms with E-state index in [4.69, 9.17) is 0 Å². The maximum absolute atomic E-state index is 12.5. The molecule has 0 rings (SSSR count). The number of hydrogen-bond acceptors (Lipinski definition) is 3. The highest BCUT2D eigenvalue weighted by Gasteiger charge is 2.18. The molecule has 4 heteroatoms. The van der Waals surface area contributed by atoms with E-state index in [0.29, 0.717) is 6.42 Å². The van der Waals surface area contributed by atoms with Gasteiger partial charge < -0.3 is 15.5 Å². The van der Waals surface area contributed by atoms with Crippen LogP contribution in [0, 0.1) is 0 Å². The maximum atomic E-state index is 12.5. The molecule has 66 heavy (non-hydrogen) atoms. The van der Waals surface area contributed by atoms with E-state index in [9.17, 15) is 15.0 Å². The molecule has 384 valence electrons. The molecule has 0 aliphatic rings. The second kappa shape index (κ2) is 57.1.